The van der Waals surface area contributed by atoms with Crippen LogP contribution in [0.15, 0.2) is 29.1 Å². The molecule has 0 radical (unpaired) electrons. The number of sulfone groups is 1. The van der Waals surface area contributed by atoms with Crippen LogP contribution < -0.4 is 11.0 Å². The van der Waals surface area contributed by atoms with Crippen LogP contribution in [-0.4, -0.2) is 53.8 Å². The number of fused-ring (bicyclic) bond motifs is 1. The molecule has 0 fully saturated rings. The molecule has 2 rings (SSSR count). The first kappa shape index (κ1) is 20.2. The van der Waals surface area contributed by atoms with Gasteiger partial charge in [-0.2, -0.15) is 0 Å². The normalized spacial score (nSPS) is 12.5. The molecule has 8 nitrogen and oxygen atoms in total. The van der Waals surface area contributed by atoms with Gasteiger partial charge >= 0.3 is 11.7 Å². The van der Waals surface area contributed by atoms with E-state index in [1.807, 2.05) is 13.8 Å². The molecule has 1 aromatic carbocycles. The number of aliphatic hydroxyl groups excluding tert-OH is 1. The monoisotopic (exact) mass is 383 g/mol. The van der Waals surface area contributed by atoms with Gasteiger partial charge in [-0.15, -0.1) is 0 Å². The number of benzene rings is 1. The van der Waals surface area contributed by atoms with Gasteiger partial charge in [0.1, 0.15) is 9.84 Å². The Morgan fingerprint density at radius 3 is 2.42 bits per heavy atom. The van der Waals surface area contributed by atoms with Crippen molar-refractivity contribution in [2.24, 2.45) is 5.41 Å². The van der Waals surface area contributed by atoms with Crippen LogP contribution in [-0.2, 0) is 16.4 Å². The molecule has 1 aromatic heterocycles. The molecule has 0 aliphatic carbocycles. The lowest BCUT2D eigenvalue weighted by Gasteiger charge is -2.23. The second kappa shape index (κ2) is 7.63. The maximum Gasteiger partial charge on any atom is 0.337 e. The lowest BCUT2D eigenvalue weighted by atomic mass is 9.90. The number of aryl methyl sites for hydroxylation is 1. The van der Waals surface area contributed by atoms with E-state index in [0.29, 0.717) is 24.0 Å². The first-order valence-electron chi connectivity index (χ1n) is 8.33. The van der Waals surface area contributed by atoms with Crippen LogP contribution in [0.3, 0.4) is 0 Å². The van der Waals surface area contributed by atoms with Crippen molar-refractivity contribution in [3.05, 3.63) is 34.7 Å². The number of rotatable bonds is 7. The summed E-state index contributed by atoms with van der Waals surface area (Å²) in [5.41, 5.74) is 0.0320. The SMILES string of the molecule is CC(C)(CCO)CNC(=O)n1c(=O)n(CCS(C)(=O)=O)c2ccccc21. The van der Waals surface area contributed by atoms with Gasteiger partial charge < -0.3 is 10.4 Å². The number of carbonyl (C=O) groups is 1. The van der Waals surface area contributed by atoms with E-state index in [4.69, 9.17) is 5.11 Å². The quantitative estimate of drug-likeness (QED) is 0.735. The van der Waals surface area contributed by atoms with Crippen molar-refractivity contribution < 1.29 is 18.3 Å². The average molecular weight is 383 g/mol. The number of nitrogens with one attached hydrogen (secondary N) is 1. The Labute approximate surface area is 152 Å². The van der Waals surface area contributed by atoms with Crippen LogP contribution in [0.2, 0.25) is 0 Å². The Hall–Kier alpha value is -2.13. The van der Waals surface area contributed by atoms with E-state index in [0.717, 1.165) is 10.8 Å². The van der Waals surface area contributed by atoms with Gasteiger partial charge in [0.05, 0.1) is 16.8 Å². The molecule has 2 aromatic rings. The van der Waals surface area contributed by atoms with Gasteiger partial charge in [0.2, 0.25) is 0 Å². The van der Waals surface area contributed by atoms with Crippen LogP contribution in [0, 0.1) is 5.41 Å². The Kier molecular flexibility index (Phi) is 5.92. The van der Waals surface area contributed by atoms with Crippen molar-refractivity contribution in [2.75, 3.05) is 25.2 Å². The summed E-state index contributed by atoms with van der Waals surface area (Å²) in [6, 6.07) is 6.19. The van der Waals surface area contributed by atoms with Crippen LogP contribution in [0.4, 0.5) is 4.79 Å². The molecule has 26 heavy (non-hydrogen) atoms. The number of amides is 1. The Morgan fingerprint density at radius 1 is 1.23 bits per heavy atom. The minimum Gasteiger partial charge on any atom is -0.396 e. The zero-order valence-corrected chi connectivity index (χ0v) is 16.0. The van der Waals surface area contributed by atoms with E-state index in [9.17, 15) is 18.0 Å². The topological polar surface area (TPSA) is 110 Å². The third-order valence-corrected chi connectivity index (χ3v) is 5.16. The highest BCUT2D eigenvalue weighted by atomic mass is 32.2. The summed E-state index contributed by atoms with van der Waals surface area (Å²) in [7, 11) is -3.25. The summed E-state index contributed by atoms with van der Waals surface area (Å²) in [5.74, 6) is -0.188. The highest BCUT2D eigenvalue weighted by Crippen LogP contribution is 2.18. The first-order chi connectivity index (χ1) is 12.1. The molecule has 1 amide bonds. The number of aromatic nitrogens is 2. The van der Waals surface area contributed by atoms with Crippen molar-refractivity contribution in [3.8, 4) is 0 Å². The molecule has 144 valence electrons. The number of hydrogen-bond acceptors (Lipinski definition) is 5. The van der Waals surface area contributed by atoms with Gasteiger partial charge in [0.15, 0.2) is 0 Å². The molecule has 0 saturated heterocycles. The second-order valence-electron chi connectivity index (χ2n) is 7.18. The molecule has 1 heterocycles. The van der Waals surface area contributed by atoms with Crippen molar-refractivity contribution in [1.82, 2.24) is 14.5 Å². The molecule has 0 unspecified atom stereocenters. The minimum atomic E-state index is -3.25. The van der Waals surface area contributed by atoms with E-state index in [1.54, 1.807) is 24.3 Å². The molecule has 2 N–H and O–H groups in total. The zero-order valence-electron chi connectivity index (χ0n) is 15.2. The largest absolute Gasteiger partial charge is 0.396 e. The van der Waals surface area contributed by atoms with E-state index in [-0.39, 0.29) is 24.3 Å². The number of imidazole rings is 1. The molecule has 9 heteroatoms. The Morgan fingerprint density at radius 2 is 1.85 bits per heavy atom. The van der Waals surface area contributed by atoms with Gasteiger partial charge in [0, 0.05) is 26.0 Å². The number of hydrogen-bond donors (Lipinski definition) is 2. The van der Waals surface area contributed by atoms with Crippen molar-refractivity contribution in [1.29, 1.82) is 0 Å². The standard InChI is InChI=1S/C17H25N3O5S/c1-17(2,8-10-21)12-18-15(22)20-14-7-5-4-6-13(14)19(16(20)23)9-11-26(3,24)25/h4-7,21H,8-12H2,1-3H3,(H,18,22). The lowest BCUT2D eigenvalue weighted by Crippen LogP contribution is -2.41. The summed E-state index contributed by atoms with van der Waals surface area (Å²) >= 11 is 0. The van der Waals surface area contributed by atoms with Crippen LogP contribution >= 0.6 is 0 Å². The van der Waals surface area contributed by atoms with E-state index in [1.165, 1.54) is 4.57 Å². The Bertz CT molecular complexity index is 956. The molecule has 0 aliphatic rings. The highest BCUT2D eigenvalue weighted by Gasteiger charge is 2.22. The predicted octanol–water partition coefficient (Wildman–Crippen LogP) is 0.814. The van der Waals surface area contributed by atoms with Gasteiger partial charge in [-0.3, -0.25) is 4.57 Å². The van der Waals surface area contributed by atoms with Crippen molar-refractivity contribution >= 4 is 26.9 Å². The fourth-order valence-corrected chi connectivity index (χ4v) is 3.18. The third kappa shape index (κ3) is 4.73. The lowest BCUT2D eigenvalue weighted by molar-refractivity contribution is 0.202. The van der Waals surface area contributed by atoms with Gasteiger partial charge in [-0.05, 0) is 24.0 Å². The van der Waals surface area contributed by atoms with E-state index >= 15 is 0 Å². The summed E-state index contributed by atoms with van der Waals surface area (Å²) in [6.07, 6.45) is 1.62. The smallest absolute Gasteiger partial charge is 0.337 e. The molecule has 0 aliphatic heterocycles. The van der Waals surface area contributed by atoms with Crippen molar-refractivity contribution in [2.45, 2.75) is 26.8 Å². The second-order valence-corrected chi connectivity index (χ2v) is 9.44. The molecule has 0 atom stereocenters. The fraction of sp³-hybridized carbons (Fsp3) is 0.529. The molecular weight excluding hydrogens is 358 g/mol. The Balaban J connectivity index is 2.37. The first-order valence-corrected chi connectivity index (χ1v) is 10.4. The maximum atomic E-state index is 12.7. The summed E-state index contributed by atoms with van der Waals surface area (Å²) in [6.45, 7) is 4.09. The summed E-state index contributed by atoms with van der Waals surface area (Å²) < 4.78 is 25.2. The molecule has 0 bridgehead atoms. The van der Waals surface area contributed by atoms with E-state index in [2.05, 4.69) is 5.32 Å². The van der Waals surface area contributed by atoms with Crippen LogP contribution in [0.1, 0.15) is 20.3 Å². The number of nitrogens with zero attached hydrogens (tertiary/aromatic N) is 2. The predicted molar refractivity (Wildman–Crippen MR) is 100 cm³/mol. The van der Waals surface area contributed by atoms with Gasteiger partial charge in [-0.1, -0.05) is 26.0 Å². The van der Waals surface area contributed by atoms with Crippen molar-refractivity contribution in [3.63, 3.8) is 0 Å². The average Bonchev–Trinajstić information content (AvgIpc) is 2.82. The third-order valence-electron chi connectivity index (χ3n) is 4.23. The fourth-order valence-electron chi connectivity index (χ4n) is 2.66. The number of carbonyl (C=O) groups excluding carboxylic acids is 1. The zero-order chi connectivity index (χ0) is 19.5. The van der Waals surface area contributed by atoms with Gasteiger partial charge in [0.25, 0.3) is 0 Å². The molecule has 0 saturated carbocycles. The number of para-hydroxylation sites is 2. The van der Waals surface area contributed by atoms with Crippen LogP contribution in [0.5, 0.6) is 0 Å². The summed E-state index contributed by atoms with van der Waals surface area (Å²) in [5, 5.41) is 11.8. The van der Waals surface area contributed by atoms with Crippen LogP contribution in [0.25, 0.3) is 11.0 Å². The minimum absolute atomic E-state index is 0.00756. The van der Waals surface area contributed by atoms with E-state index < -0.39 is 21.6 Å². The van der Waals surface area contributed by atoms with Gasteiger partial charge in [-0.25, -0.2) is 22.6 Å². The highest BCUT2D eigenvalue weighted by molar-refractivity contribution is 7.90. The number of aliphatic hydroxyl groups is 1. The maximum absolute atomic E-state index is 12.7. The summed E-state index contributed by atoms with van der Waals surface area (Å²) in [4.78, 5) is 25.3. The molecular formula is C17H25N3O5S. The molecule has 0 spiro atoms.